The lowest BCUT2D eigenvalue weighted by atomic mass is 9.84. The molecule has 2 heteroatoms. The van der Waals surface area contributed by atoms with Crippen LogP contribution in [-0.4, -0.2) is 37.1 Å². The molecule has 0 aliphatic rings. The average molecular weight is 285 g/mol. The van der Waals surface area contributed by atoms with Crippen molar-refractivity contribution in [3.05, 3.63) is 0 Å². The largest absolute Gasteiger partial charge is 0.313 e. The molecule has 122 valence electrons. The van der Waals surface area contributed by atoms with E-state index in [2.05, 4.69) is 58.7 Å². The summed E-state index contributed by atoms with van der Waals surface area (Å²) in [4.78, 5) is 2.64. The molecule has 0 aromatic carbocycles. The van der Waals surface area contributed by atoms with Crippen LogP contribution < -0.4 is 5.32 Å². The molecule has 20 heavy (non-hydrogen) atoms. The van der Waals surface area contributed by atoms with E-state index in [9.17, 15) is 0 Å². The highest BCUT2D eigenvalue weighted by molar-refractivity contribution is 4.81. The van der Waals surface area contributed by atoms with Crippen molar-refractivity contribution in [2.45, 2.75) is 80.2 Å². The van der Waals surface area contributed by atoms with Crippen molar-refractivity contribution in [3.8, 4) is 0 Å². The molecule has 0 radical (unpaired) electrons. The fourth-order valence-electron chi connectivity index (χ4n) is 2.76. The number of nitrogens with one attached hydrogen (secondary N) is 1. The van der Waals surface area contributed by atoms with Crippen LogP contribution in [0.3, 0.4) is 0 Å². The first-order valence-corrected chi connectivity index (χ1v) is 8.84. The molecule has 0 aliphatic heterocycles. The second-order valence-corrected chi connectivity index (χ2v) is 7.24. The zero-order valence-corrected chi connectivity index (χ0v) is 15.3. The van der Waals surface area contributed by atoms with E-state index < -0.39 is 0 Å². The van der Waals surface area contributed by atoms with Crippen LogP contribution in [0.1, 0.15) is 74.1 Å². The summed E-state index contributed by atoms with van der Waals surface area (Å²) in [6.45, 7) is 21.1. The van der Waals surface area contributed by atoms with Crippen molar-refractivity contribution < 1.29 is 0 Å². The average Bonchev–Trinajstić information content (AvgIpc) is 2.40. The smallest absolute Gasteiger partial charge is 0.0128 e. The molecule has 0 saturated carbocycles. The Bertz CT molecular complexity index is 216. The molecule has 0 amide bonds. The van der Waals surface area contributed by atoms with Gasteiger partial charge in [-0.25, -0.2) is 0 Å². The summed E-state index contributed by atoms with van der Waals surface area (Å²) >= 11 is 0. The van der Waals surface area contributed by atoms with Gasteiger partial charge < -0.3 is 10.2 Å². The Hall–Kier alpha value is -0.0800. The third kappa shape index (κ3) is 8.26. The van der Waals surface area contributed by atoms with Crippen LogP contribution in [0, 0.1) is 11.3 Å². The van der Waals surface area contributed by atoms with Gasteiger partial charge in [-0.3, -0.25) is 0 Å². The highest BCUT2D eigenvalue weighted by Crippen LogP contribution is 2.22. The molecular weight excluding hydrogens is 244 g/mol. The van der Waals surface area contributed by atoms with Crippen LogP contribution in [0.4, 0.5) is 0 Å². The van der Waals surface area contributed by atoms with Gasteiger partial charge in [-0.1, -0.05) is 61.3 Å². The Labute approximate surface area is 128 Å². The molecular formula is C18H40N2. The first-order valence-electron chi connectivity index (χ1n) is 8.84. The lowest BCUT2D eigenvalue weighted by Gasteiger charge is -2.34. The summed E-state index contributed by atoms with van der Waals surface area (Å²) in [5.74, 6) is 0.867. The monoisotopic (exact) mass is 284 g/mol. The maximum absolute atomic E-state index is 3.74. The first kappa shape index (κ1) is 19.9. The predicted octanol–water partition coefficient (Wildman–Crippen LogP) is 4.55. The Morgan fingerprint density at radius 2 is 1.60 bits per heavy atom. The van der Waals surface area contributed by atoms with Crippen molar-refractivity contribution in [3.63, 3.8) is 0 Å². The summed E-state index contributed by atoms with van der Waals surface area (Å²) in [5, 5.41) is 3.74. The Morgan fingerprint density at radius 1 is 1.00 bits per heavy atom. The maximum Gasteiger partial charge on any atom is 0.0128 e. The topological polar surface area (TPSA) is 15.3 Å². The van der Waals surface area contributed by atoms with Crippen LogP contribution in [-0.2, 0) is 0 Å². The van der Waals surface area contributed by atoms with E-state index in [0.717, 1.165) is 12.5 Å². The minimum atomic E-state index is 0.351. The molecule has 0 heterocycles. The Kier molecular flexibility index (Phi) is 10.6. The van der Waals surface area contributed by atoms with Gasteiger partial charge in [0.2, 0.25) is 0 Å². The summed E-state index contributed by atoms with van der Waals surface area (Å²) in [6.07, 6.45) is 5.10. The van der Waals surface area contributed by atoms with E-state index >= 15 is 0 Å². The maximum atomic E-state index is 3.74. The Morgan fingerprint density at radius 3 is 2.00 bits per heavy atom. The highest BCUT2D eigenvalue weighted by atomic mass is 15.1. The van der Waals surface area contributed by atoms with Gasteiger partial charge in [0.25, 0.3) is 0 Å². The predicted molar refractivity (Wildman–Crippen MR) is 92.3 cm³/mol. The van der Waals surface area contributed by atoms with E-state index in [0.29, 0.717) is 11.5 Å². The van der Waals surface area contributed by atoms with Crippen molar-refractivity contribution >= 4 is 0 Å². The molecule has 1 N–H and O–H groups in total. The van der Waals surface area contributed by atoms with Crippen molar-refractivity contribution in [1.82, 2.24) is 10.2 Å². The van der Waals surface area contributed by atoms with Gasteiger partial charge in [0.15, 0.2) is 0 Å². The molecule has 0 aromatic rings. The van der Waals surface area contributed by atoms with Gasteiger partial charge in [-0.05, 0) is 43.8 Å². The molecule has 2 nitrogen and oxygen atoms in total. The van der Waals surface area contributed by atoms with Gasteiger partial charge in [-0.15, -0.1) is 0 Å². The van der Waals surface area contributed by atoms with Gasteiger partial charge in [0, 0.05) is 12.6 Å². The molecule has 0 aromatic heterocycles. The lowest BCUT2D eigenvalue weighted by molar-refractivity contribution is 0.188. The first-order chi connectivity index (χ1) is 9.38. The van der Waals surface area contributed by atoms with Gasteiger partial charge in [0.1, 0.15) is 0 Å². The second-order valence-electron chi connectivity index (χ2n) is 7.24. The number of nitrogens with zero attached hydrogens (tertiary/aromatic N) is 1. The third-order valence-electron chi connectivity index (χ3n) is 4.54. The SMILES string of the molecule is CCCNC(CCN(CC)CC(CC)CC)C(C)(C)C. The molecule has 0 rings (SSSR count). The zero-order chi connectivity index (χ0) is 15.6. The van der Waals surface area contributed by atoms with E-state index in [-0.39, 0.29) is 0 Å². The summed E-state index contributed by atoms with van der Waals surface area (Å²) in [6, 6.07) is 0.623. The van der Waals surface area contributed by atoms with E-state index in [1.165, 1.54) is 45.3 Å². The summed E-state index contributed by atoms with van der Waals surface area (Å²) in [7, 11) is 0. The van der Waals surface area contributed by atoms with E-state index in [1.807, 2.05) is 0 Å². The van der Waals surface area contributed by atoms with Gasteiger partial charge in [0.05, 0.1) is 0 Å². The van der Waals surface area contributed by atoms with E-state index in [1.54, 1.807) is 0 Å². The van der Waals surface area contributed by atoms with Gasteiger partial charge in [-0.2, -0.15) is 0 Å². The van der Waals surface area contributed by atoms with Crippen LogP contribution in [0.25, 0.3) is 0 Å². The number of hydrogen-bond donors (Lipinski definition) is 1. The minimum absolute atomic E-state index is 0.351. The molecule has 0 bridgehead atoms. The second kappa shape index (κ2) is 10.6. The van der Waals surface area contributed by atoms with E-state index in [4.69, 9.17) is 0 Å². The fourth-order valence-corrected chi connectivity index (χ4v) is 2.76. The fraction of sp³-hybridized carbons (Fsp3) is 1.00. The number of hydrogen-bond acceptors (Lipinski definition) is 2. The van der Waals surface area contributed by atoms with Gasteiger partial charge >= 0.3 is 0 Å². The molecule has 1 atom stereocenters. The van der Waals surface area contributed by atoms with Crippen molar-refractivity contribution in [2.75, 3.05) is 26.2 Å². The molecule has 0 aliphatic carbocycles. The summed E-state index contributed by atoms with van der Waals surface area (Å²) < 4.78 is 0. The number of rotatable bonds is 11. The molecule has 0 spiro atoms. The van der Waals surface area contributed by atoms with Crippen molar-refractivity contribution in [1.29, 1.82) is 0 Å². The standard InChI is InChI=1S/C18H40N2/c1-8-13-19-17(18(5,6)7)12-14-20(11-4)15-16(9-2)10-3/h16-17,19H,8-15H2,1-7H3. The lowest BCUT2D eigenvalue weighted by Crippen LogP contribution is -2.43. The van der Waals surface area contributed by atoms with Crippen LogP contribution in [0.15, 0.2) is 0 Å². The summed E-state index contributed by atoms with van der Waals surface area (Å²) in [5.41, 5.74) is 0.351. The Balaban J connectivity index is 4.34. The van der Waals surface area contributed by atoms with Crippen molar-refractivity contribution in [2.24, 2.45) is 11.3 Å². The minimum Gasteiger partial charge on any atom is -0.313 e. The van der Waals surface area contributed by atoms with Crippen LogP contribution in [0.2, 0.25) is 0 Å². The van der Waals surface area contributed by atoms with Crippen LogP contribution in [0.5, 0.6) is 0 Å². The quantitative estimate of drug-likeness (QED) is 0.599. The molecule has 1 unspecified atom stereocenters. The zero-order valence-electron chi connectivity index (χ0n) is 15.3. The normalized spacial score (nSPS) is 14.2. The molecule has 0 fully saturated rings. The third-order valence-corrected chi connectivity index (χ3v) is 4.54. The highest BCUT2D eigenvalue weighted by Gasteiger charge is 2.24. The van der Waals surface area contributed by atoms with Crippen LogP contribution >= 0.6 is 0 Å². The molecule has 0 saturated heterocycles.